The van der Waals surface area contributed by atoms with Gasteiger partial charge >= 0.3 is 6.18 Å². The first-order chi connectivity index (χ1) is 7.37. The number of rotatable bonds is 5. The second-order valence-corrected chi connectivity index (χ2v) is 4.90. The van der Waals surface area contributed by atoms with E-state index in [2.05, 4.69) is 5.32 Å². The van der Waals surface area contributed by atoms with Crippen LogP contribution in [0.1, 0.15) is 25.8 Å². The minimum Gasteiger partial charge on any atom is -0.311 e. The molecule has 1 heterocycles. The van der Waals surface area contributed by atoms with Gasteiger partial charge in [0.05, 0.1) is 6.42 Å². The summed E-state index contributed by atoms with van der Waals surface area (Å²) >= 11 is 1.60. The van der Waals surface area contributed by atoms with Crippen molar-refractivity contribution in [1.82, 2.24) is 5.32 Å². The van der Waals surface area contributed by atoms with Gasteiger partial charge in [0.1, 0.15) is 0 Å². The van der Waals surface area contributed by atoms with Crippen LogP contribution in [0.25, 0.3) is 0 Å². The molecule has 0 saturated heterocycles. The van der Waals surface area contributed by atoms with Gasteiger partial charge in [-0.05, 0) is 42.7 Å². The Balaban J connectivity index is 2.31. The van der Waals surface area contributed by atoms with Crippen LogP contribution in [-0.2, 0) is 6.42 Å². The Morgan fingerprint density at radius 2 is 2.00 bits per heavy atom. The molecule has 0 amide bonds. The molecule has 0 aliphatic carbocycles. The van der Waals surface area contributed by atoms with Gasteiger partial charge in [-0.2, -0.15) is 24.5 Å². The van der Waals surface area contributed by atoms with E-state index >= 15 is 0 Å². The summed E-state index contributed by atoms with van der Waals surface area (Å²) < 4.78 is 36.3. The van der Waals surface area contributed by atoms with Crippen LogP contribution >= 0.6 is 11.3 Å². The molecule has 1 aromatic heterocycles. The summed E-state index contributed by atoms with van der Waals surface area (Å²) in [5.41, 5.74) is 1.17. The third-order valence-electron chi connectivity index (χ3n) is 2.23. The molecule has 1 rings (SSSR count). The summed E-state index contributed by atoms with van der Waals surface area (Å²) in [4.78, 5) is 0. The van der Waals surface area contributed by atoms with E-state index < -0.39 is 18.6 Å². The molecule has 0 spiro atoms. The lowest BCUT2D eigenvalue weighted by Gasteiger charge is -2.20. The van der Waals surface area contributed by atoms with Gasteiger partial charge < -0.3 is 5.32 Å². The maximum absolute atomic E-state index is 12.1. The second kappa shape index (κ2) is 5.68. The largest absolute Gasteiger partial charge is 0.390 e. The van der Waals surface area contributed by atoms with E-state index in [1.165, 1.54) is 5.56 Å². The molecular weight excluding hydrogens is 235 g/mol. The zero-order valence-electron chi connectivity index (χ0n) is 9.34. The van der Waals surface area contributed by atoms with Crippen LogP contribution in [0, 0.1) is 0 Å². The Bertz CT molecular complexity index is 295. The van der Waals surface area contributed by atoms with Gasteiger partial charge in [0, 0.05) is 12.1 Å². The normalized spacial score (nSPS) is 16.1. The SMILES string of the molecule is CC(Cc1ccsc1)NC(C)CC(F)(F)F. The summed E-state index contributed by atoms with van der Waals surface area (Å²) in [6, 6.07) is 1.53. The first kappa shape index (κ1) is 13.5. The van der Waals surface area contributed by atoms with E-state index in [1.54, 1.807) is 18.3 Å². The number of nitrogens with one attached hydrogen (secondary N) is 1. The van der Waals surface area contributed by atoms with Crippen molar-refractivity contribution in [2.75, 3.05) is 0 Å². The zero-order valence-corrected chi connectivity index (χ0v) is 10.2. The Morgan fingerprint density at radius 3 is 2.50 bits per heavy atom. The summed E-state index contributed by atoms with van der Waals surface area (Å²) in [7, 11) is 0. The second-order valence-electron chi connectivity index (χ2n) is 4.12. The lowest BCUT2D eigenvalue weighted by Crippen LogP contribution is -2.38. The molecule has 1 nitrogen and oxygen atoms in total. The molecule has 2 unspecified atom stereocenters. The predicted molar refractivity (Wildman–Crippen MR) is 60.8 cm³/mol. The maximum atomic E-state index is 12.1. The molecule has 92 valence electrons. The molecule has 0 saturated carbocycles. The lowest BCUT2D eigenvalue weighted by molar-refractivity contribution is -0.139. The molecule has 1 N–H and O–H groups in total. The van der Waals surface area contributed by atoms with Gasteiger partial charge in [-0.1, -0.05) is 0 Å². The number of thiophene rings is 1. The van der Waals surface area contributed by atoms with E-state index in [9.17, 15) is 13.2 Å². The molecule has 0 fully saturated rings. The fraction of sp³-hybridized carbons (Fsp3) is 0.636. The highest BCUT2D eigenvalue weighted by molar-refractivity contribution is 7.07. The average Bonchev–Trinajstić information content (AvgIpc) is 2.51. The molecular formula is C11H16F3NS. The lowest BCUT2D eigenvalue weighted by atomic mass is 10.1. The van der Waals surface area contributed by atoms with Crippen LogP contribution in [0.5, 0.6) is 0 Å². The van der Waals surface area contributed by atoms with Crippen molar-refractivity contribution in [1.29, 1.82) is 0 Å². The minimum absolute atomic E-state index is 0.0620. The van der Waals surface area contributed by atoms with Crippen molar-refractivity contribution >= 4 is 11.3 Å². The monoisotopic (exact) mass is 251 g/mol. The smallest absolute Gasteiger partial charge is 0.311 e. The number of alkyl halides is 3. The van der Waals surface area contributed by atoms with Crippen LogP contribution in [0.3, 0.4) is 0 Å². The predicted octanol–water partition coefficient (Wildman–Crippen LogP) is 3.61. The number of hydrogen-bond acceptors (Lipinski definition) is 2. The third kappa shape index (κ3) is 5.51. The van der Waals surface area contributed by atoms with Crippen LogP contribution in [0.15, 0.2) is 16.8 Å². The Morgan fingerprint density at radius 1 is 1.31 bits per heavy atom. The highest BCUT2D eigenvalue weighted by Crippen LogP contribution is 2.21. The fourth-order valence-electron chi connectivity index (χ4n) is 1.71. The van der Waals surface area contributed by atoms with Crippen molar-refractivity contribution in [2.24, 2.45) is 0 Å². The molecule has 0 aliphatic rings. The molecule has 16 heavy (non-hydrogen) atoms. The Labute approximate surface area is 97.7 Å². The van der Waals surface area contributed by atoms with Gasteiger partial charge in [0.25, 0.3) is 0 Å². The first-order valence-corrected chi connectivity index (χ1v) is 6.15. The summed E-state index contributed by atoms with van der Waals surface area (Å²) in [6.45, 7) is 3.47. The fourth-order valence-corrected chi connectivity index (χ4v) is 2.39. The number of hydrogen-bond donors (Lipinski definition) is 1. The van der Waals surface area contributed by atoms with Crippen molar-refractivity contribution in [3.05, 3.63) is 22.4 Å². The van der Waals surface area contributed by atoms with Crippen LogP contribution in [0.2, 0.25) is 0 Å². The van der Waals surface area contributed by atoms with Crippen LogP contribution < -0.4 is 5.32 Å². The Kier molecular flexibility index (Phi) is 4.80. The molecule has 2 atom stereocenters. The van der Waals surface area contributed by atoms with E-state index in [-0.39, 0.29) is 6.04 Å². The summed E-state index contributed by atoms with van der Waals surface area (Å²) in [5.74, 6) is 0. The molecule has 0 aromatic carbocycles. The molecule has 0 bridgehead atoms. The average molecular weight is 251 g/mol. The van der Waals surface area contributed by atoms with Crippen molar-refractivity contribution in [2.45, 2.75) is 44.9 Å². The summed E-state index contributed by atoms with van der Waals surface area (Å²) in [6.07, 6.45) is -4.10. The van der Waals surface area contributed by atoms with Crippen molar-refractivity contribution in [3.63, 3.8) is 0 Å². The standard InChI is InChI=1S/C11H16F3NS/c1-8(5-10-3-4-16-7-10)15-9(2)6-11(12,13)14/h3-4,7-9,15H,5-6H2,1-2H3. The minimum atomic E-state index is -4.09. The van der Waals surface area contributed by atoms with Gasteiger partial charge in [-0.25, -0.2) is 0 Å². The van der Waals surface area contributed by atoms with Gasteiger partial charge in [0.2, 0.25) is 0 Å². The van der Waals surface area contributed by atoms with Crippen molar-refractivity contribution in [3.8, 4) is 0 Å². The number of halogens is 3. The zero-order chi connectivity index (χ0) is 12.2. The molecule has 0 radical (unpaired) electrons. The van der Waals surface area contributed by atoms with Gasteiger partial charge in [0.15, 0.2) is 0 Å². The third-order valence-corrected chi connectivity index (χ3v) is 2.96. The highest BCUT2D eigenvalue weighted by Gasteiger charge is 2.30. The van der Waals surface area contributed by atoms with E-state index in [4.69, 9.17) is 0 Å². The molecule has 0 aliphatic heterocycles. The van der Waals surface area contributed by atoms with E-state index in [0.717, 1.165) is 6.42 Å². The van der Waals surface area contributed by atoms with Crippen molar-refractivity contribution < 1.29 is 13.2 Å². The summed E-state index contributed by atoms with van der Waals surface area (Å²) in [5, 5.41) is 6.95. The molecule has 1 aromatic rings. The quantitative estimate of drug-likeness (QED) is 0.843. The van der Waals surface area contributed by atoms with Gasteiger partial charge in [-0.15, -0.1) is 0 Å². The van der Waals surface area contributed by atoms with Gasteiger partial charge in [-0.3, -0.25) is 0 Å². The van der Waals surface area contributed by atoms with Crippen LogP contribution in [-0.4, -0.2) is 18.3 Å². The molecule has 5 heteroatoms. The van der Waals surface area contributed by atoms with E-state index in [1.807, 2.05) is 23.8 Å². The first-order valence-electron chi connectivity index (χ1n) is 5.20. The Hall–Kier alpha value is -0.550. The highest BCUT2D eigenvalue weighted by atomic mass is 32.1. The maximum Gasteiger partial charge on any atom is 0.390 e. The van der Waals surface area contributed by atoms with E-state index in [0.29, 0.717) is 0 Å². The van der Waals surface area contributed by atoms with Crippen LogP contribution in [0.4, 0.5) is 13.2 Å². The topological polar surface area (TPSA) is 12.0 Å².